The van der Waals surface area contributed by atoms with Crippen molar-refractivity contribution in [3.8, 4) is 11.1 Å². The summed E-state index contributed by atoms with van der Waals surface area (Å²) in [5, 5.41) is 0. The van der Waals surface area contributed by atoms with Gasteiger partial charge in [0.15, 0.2) is 0 Å². The van der Waals surface area contributed by atoms with E-state index in [2.05, 4.69) is 109 Å². The van der Waals surface area contributed by atoms with Gasteiger partial charge in [-0.25, -0.2) is 0 Å². The molecule has 1 aliphatic carbocycles. The van der Waals surface area contributed by atoms with Crippen LogP contribution in [0.3, 0.4) is 0 Å². The van der Waals surface area contributed by atoms with Gasteiger partial charge < -0.3 is 4.90 Å². The number of hydrogen-bond acceptors (Lipinski definition) is 1. The topological polar surface area (TPSA) is 3.24 Å². The maximum absolute atomic E-state index is 3.82. The summed E-state index contributed by atoms with van der Waals surface area (Å²) in [5.74, 6) is 0. The van der Waals surface area contributed by atoms with E-state index in [0.717, 1.165) is 18.4 Å². The van der Waals surface area contributed by atoms with Gasteiger partial charge in [0.25, 0.3) is 0 Å². The van der Waals surface area contributed by atoms with E-state index >= 15 is 0 Å². The molecule has 3 aromatic rings. The second-order valence-electron chi connectivity index (χ2n) is 6.67. The van der Waals surface area contributed by atoms with E-state index < -0.39 is 0 Å². The van der Waals surface area contributed by atoms with Crippen molar-refractivity contribution in [1.82, 2.24) is 0 Å². The van der Waals surface area contributed by atoms with Crippen LogP contribution >= 0.6 is 0 Å². The van der Waals surface area contributed by atoms with Crippen LogP contribution in [0.25, 0.3) is 17.2 Å². The summed E-state index contributed by atoms with van der Waals surface area (Å²) in [5.41, 5.74) is 7.30. The number of anilines is 2. The van der Waals surface area contributed by atoms with Crippen molar-refractivity contribution in [2.45, 2.75) is 12.8 Å². The minimum atomic E-state index is 1.05. The van der Waals surface area contributed by atoms with E-state index in [9.17, 15) is 0 Å². The van der Waals surface area contributed by atoms with Gasteiger partial charge in [0, 0.05) is 17.1 Å². The molecule has 1 nitrogen and oxygen atoms in total. The van der Waals surface area contributed by atoms with Crippen LogP contribution in [0.5, 0.6) is 0 Å². The van der Waals surface area contributed by atoms with Crippen molar-refractivity contribution < 1.29 is 0 Å². The Morgan fingerprint density at radius 2 is 1.37 bits per heavy atom. The van der Waals surface area contributed by atoms with Crippen molar-refractivity contribution in [1.29, 1.82) is 0 Å². The molecule has 0 amide bonds. The van der Waals surface area contributed by atoms with Crippen LogP contribution in [0.2, 0.25) is 0 Å². The lowest BCUT2D eigenvalue weighted by molar-refractivity contribution is 0.918. The third kappa shape index (κ3) is 3.78. The molecule has 132 valence electrons. The summed E-state index contributed by atoms with van der Waals surface area (Å²) in [6.45, 7) is 3.82. The predicted molar refractivity (Wildman–Crippen MR) is 117 cm³/mol. The highest BCUT2D eigenvalue weighted by atomic mass is 15.1. The molecule has 0 spiro atoms. The van der Waals surface area contributed by atoms with Crippen molar-refractivity contribution in [3.63, 3.8) is 0 Å². The number of rotatable bonds is 5. The van der Waals surface area contributed by atoms with Crippen LogP contribution in [0, 0.1) is 0 Å². The Bertz CT molecular complexity index is 961. The molecule has 0 saturated heterocycles. The first-order valence-corrected chi connectivity index (χ1v) is 9.39. The van der Waals surface area contributed by atoms with Crippen molar-refractivity contribution in [2.24, 2.45) is 0 Å². The fourth-order valence-electron chi connectivity index (χ4n) is 3.45. The van der Waals surface area contributed by atoms with E-state index in [0.29, 0.717) is 0 Å². The summed E-state index contributed by atoms with van der Waals surface area (Å²) in [4.78, 5) is 2.36. The van der Waals surface area contributed by atoms with Crippen LogP contribution in [0.15, 0.2) is 109 Å². The number of allylic oxidation sites excluding steroid dienone is 4. The van der Waals surface area contributed by atoms with E-state index in [1.54, 1.807) is 0 Å². The molecule has 0 saturated carbocycles. The van der Waals surface area contributed by atoms with E-state index in [1.807, 2.05) is 6.08 Å². The van der Waals surface area contributed by atoms with Gasteiger partial charge in [0.05, 0.1) is 0 Å². The minimum Gasteiger partial charge on any atom is -0.314 e. The number of hydrogen-bond donors (Lipinski definition) is 0. The molecule has 1 heteroatoms. The number of para-hydroxylation sites is 1. The first kappa shape index (κ1) is 17.1. The molecule has 1 aliphatic rings. The Morgan fingerprint density at radius 1 is 0.741 bits per heavy atom. The normalized spacial score (nSPS) is 13.1. The van der Waals surface area contributed by atoms with Crippen molar-refractivity contribution in [2.75, 3.05) is 4.90 Å². The van der Waals surface area contributed by atoms with Gasteiger partial charge in [-0.05, 0) is 59.9 Å². The lowest BCUT2D eigenvalue weighted by Crippen LogP contribution is -2.17. The Hall–Kier alpha value is -3.32. The van der Waals surface area contributed by atoms with Gasteiger partial charge >= 0.3 is 0 Å². The first-order chi connectivity index (χ1) is 13.3. The zero-order valence-corrected chi connectivity index (χ0v) is 15.4. The molecule has 0 unspecified atom stereocenters. The van der Waals surface area contributed by atoms with Gasteiger partial charge in [-0.3, -0.25) is 0 Å². The van der Waals surface area contributed by atoms with Crippen molar-refractivity contribution in [3.05, 3.63) is 115 Å². The summed E-state index contributed by atoms with van der Waals surface area (Å²) in [7, 11) is 0. The average molecular weight is 349 g/mol. The molecule has 0 aromatic heterocycles. The standard InChI is InChI=1S/C26H23N/c1-2-21-13-15-22(16-14-21)23-17-19-26(20-18-23)27(24-9-5-3-6-10-24)25-11-7-4-8-12-25/h2-7,9-11,13-20H,1,8,12H2. The number of nitrogens with zero attached hydrogens (tertiary/aromatic N) is 1. The largest absolute Gasteiger partial charge is 0.314 e. The Labute approximate surface area is 161 Å². The Morgan fingerprint density at radius 3 is 1.96 bits per heavy atom. The zero-order valence-electron chi connectivity index (χ0n) is 15.4. The van der Waals surface area contributed by atoms with E-state index in [1.165, 1.54) is 28.2 Å². The number of benzene rings is 3. The van der Waals surface area contributed by atoms with Crippen LogP contribution < -0.4 is 4.90 Å². The molecule has 0 fully saturated rings. The molecular formula is C26H23N. The SMILES string of the molecule is C=Cc1ccc(-c2ccc(N(C3=CC=CCC3)c3ccccc3)cc2)cc1. The lowest BCUT2D eigenvalue weighted by atomic mass is 10.0. The molecule has 0 atom stereocenters. The van der Waals surface area contributed by atoms with Gasteiger partial charge in [-0.1, -0.05) is 79.4 Å². The monoisotopic (exact) mass is 349 g/mol. The second kappa shape index (κ2) is 7.92. The summed E-state index contributed by atoms with van der Waals surface area (Å²) in [6, 6.07) is 27.9. The van der Waals surface area contributed by atoms with Gasteiger partial charge in [-0.15, -0.1) is 0 Å². The second-order valence-corrected chi connectivity index (χ2v) is 6.67. The molecule has 27 heavy (non-hydrogen) atoms. The summed E-state index contributed by atoms with van der Waals surface area (Å²) < 4.78 is 0. The van der Waals surface area contributed by atoms with Crippen LogP contribution in [-0.2, 0) is 0 Å². The lowest BCUT2D eigenvalue weighted by Gasteiger charge is -2.29. The molecule has 0 radical (unpaired) electrons. The fourth-order valence-corrected chi connectivity index (χ4v) is 3.45. The molecular weight excluding hydrogens is 326 g/mol. The Balaban J connectivity index is 1.69. The molecule has 0 N–H and O–H groups in total. The minimum absolute atomic E-state index is 1.05. The molecule has 0 aliphatic heterocycles. The van der Waals surface area contributed by atoms with E-state index in [4.69, 9.17) is 0 Å². The third-order valence-electron chi connectivity index (χ3n) is 4.90. The van der Waals surface area contributed by atoms with Gasteiger partial charge in [0.2, 0.25) is 0 Å². The molecule has 3 aromatic carbocycles. The predicted octanol–water partition coefficient (Wildman–Crippen LogP) is 7.37. The van der Waals surface area contributed by atoms with Gasteiger partial charge in [-0.2, -0.15) is 0 Å². The Kier molecular flexibility index (Phi) is 5.02. The highest BCUT2D eigenvalue weighted by molar-refractivity contribution is 5.73. The maximum atomic E-state index is 3.82. The average Bonchev–Trinajstić information content (AvgIpc) is 2.76. The summed E-state index contributed by atoms with van der Waals surface area (Å²) in [6.07, 6.45) is 10.6. The quantitative estimate of drug-likeness (QED) is 0.465. The zero-order chi connectivity index (χ0) is 18.5. The van der Waals surface area contributed by atoms with Crippen LogP contribution in [-0.4, -0.2) is 0 Å². The van der Waals surface area contributed by atoms with Crippen LogP contribution in [0.1, 0.15) is 18.4 Å². The molecule has 4 rings (SSSR count). The van der Waals surface area contributed by atoms with Crippen molar-refractivity contribution >= 4 is 17.5 Å². The van der Waals surface area contributed by atoms with Gasteiger partial charge in [0.1, 0.15) is 0 Å². The fraction of sp³-hybridized carbons (Fsp3) is 0.0769. The highest BCUT2D eigenvalue weighted by Crippen LogP contribution is 2.34. The first-order valence-electron chi connectivity index (χ1n) is 9.39. The molecule has 0 heterocycles. The molecule has 0 bridgehead atoms. The van der Waals surface area contributed by atoms with Crippen LogP contribution in [0.4, 0.5) is 11.4 Å². The highest BCUT2D eigenvalue weighted by Gasteiger charge is 2.15. The summed E-state index contributed by atoms with van der Waals surface area (Å²) >= 11 is 0. The smallest absolute Gasteiger partial charge is 0.0458 e. The third-order valence-corrected chi connectivity index (χ3v) is 4.90. The maximum Gasteiger partial charge on any atom is 0.0458 e. The van der Waals surface area contributed by atoms with E-state index in [-0.39, 0.29) is 0 Å².